The first-order chi connectivity index (χ1) is 11.9. The standard InChI is InChI=1S/C19H23ClN2O3/c1-13(22-11-18(23)15-3-2-4-16(20)10-15)9-14-5-7-17(8-6-14)25-12-19(21)24/h2-8,10,13,18,22-23H,9,11-12H2,1H3,(H2,21,24)/t13-,18-/m1/s1. The molecular formula is C19H23ClN2O3. The minimum absolute atomic E-state index is 0.126. The molecule has 0 aliphatic heterocycles. The maximum absolute atomic E-state index is 10.7. The van der Waals surface area contributed by atoms with Gasteiger partial charge in [0.05, 0.1) is 6.10 Å². The van der Waals surface area contributed by atoms with Crippen molar-refractivity contribution in [3.8, 4) is 5.75 Å². The molecule has 0 radical (unpaired) electrons. The SMILES string of the molecule is C[C@H](Cc1ccc(OCC(N)=O)cc1)NC[C@@H](O)c1cccc(Cl)c1. The second kappa shape index (κ2) is 9.42. The van der Waals surface area contributed by atoms with Crippen LogP contribution in [0.2, 0.25) is 5.02 Å². The predicted octanol–water partition coefficient (Wildman–Crippen LogP) is 2.46. The second-order valence-electron chi connectivity index (χ2n) is 5.98. The highest BCUT2D eigenvalue weighted by atomic mass is 35.5. The molecule has 0 saturated heterocycles. The van der Waals surface area contributed by atoms with E-state index in [1.165, 1.54) is 0 Å². The zero-order valence-electron chi connectivity index (χ0n) is 14.1. The molecule has 0 unspecified atom stereocenters. The maximum Gasteiger partial charge on any atom is 0.255 e. The third-order valence-corrected chi connectivity index (χ3v) is 3.97. The number of carbonyl (C=O) groups excluding carboxylic acids is 1. The van der Waals surface area contributed by atoms with Crippen LogP contribution in [0, 0.1) is 0 Å². The summed E-state index contributed by atoms with van der Waals surface area (Å²) in [5, 5.41) is 14.2. The number of hydrogen-bond acceptors (Lipinski definition) is 4. The van der Waals surface area contributed by atoms with E-state index >= 15 is 0 Å². The van der Waals surface area contributed by atoms with Crippen LogP contribution in [0.3, 0.4) is 0 Å². The predicted molar refractivity (Wildman–Crippen MR) is 98.7 cm³/mol. The Morgan fingerprint density at radius 2 is 2.00 bits per heavy atom. The first-order valence-corrected chi connectivity index (χ1v) is 8.49. The second-order valence-corrected chi connectivity index (χ2v) is 6.42. The number of hydrogen-bond donors (Lipinski definition) is 3. The van der Waals surface area contributed by atoms with Gasteiger partial charge in [0.25, 0.3) is 5.91 Å². The highest BCUT2D eigenvalue weighted by Crippen LogP contribution is 2.17. The van der Waals surface area contributed by atoms with E-state index in [0.29, 0.717) is 17.3 Å². The van der Waals surface area contributed by atoms with Crippen molar-refractivity contribution in [2.45, 2.75) is 25.5 Å². The van der Waals surface area contributed by atoms with Crippen LogP contribution in [0.4, 0.5) is 0 Å². The summed E-state index contributed by atoms with van der Waals surface area (Å²) in [7, 11) is 0. The Hall–Kier alpha value is -2.08. The fourth-order valence-electron chi connectivity index (χ4n) is 2.45. The lowest BCUT2D eigenvalue weighted by Gasteiger charge is -2.18. The Kier molecular flexibility index (Phi) is 7.25. The van der Waals surface area contributed by atoms with E-state index in [1.54, 1.807) is 12.1 Å². The molecule has 2 atom stereocenters. The summed E-state index contributed by atoms with van der Waals surface area (Å²) in [6, 6.07) is 14.9. The molecule has 0 spiro atoms. The van der Waals surface area contributed by atoms with Crippen LogP contribution in [0.15, 0.2) is 48.5 Å². The molecule has 134 valence electrons. The van der Waals surface area contributed by atoms with Crippen LogP contribution in [0.5, 0.6) is 5.75 Å². The molecular weight excluding hydrogens is 340 g/mol. The normalized spacial score (nSPS) is 13.2. The molecule has 0 aliphatic carbocycles. The summed E-state index contributed by atoms with van der Waals surface area (Å²) in [6.45, 7) is 2.38. The summed E-state index contributed by atoms with van der Waals surface area (Å²) < 4.78 is 5.23. The molecule has 0 aliphatic rings. The molecule has 6 heteroatoms. The van der Waals surface area contributed by atoms with E-state index in [0.717, 1.165) is 17.5 Å². The first kappa shape index (κ1) is 19.2. The maximum atomic E-state index is 10.7. The lowest BCUT2D eigenvalue weighted by molar-refractivity contribution is -0.119. The number of carbonyl (C=O) groups is 1. The van der Waals surface area contributed by atoms with Gasteiger partial charge in [-0.3, -0.25) is 4.79 Å². The van der Waals surface area contributed by atoms with Crippen molar-refractivity contribution in [3.05, 3.63) is 64.7 Å². The summed E-state index contributed by atoms with van der Waals surface area (Å²) in [5.74, 6) is 0.111. The first-order valence-electron chi connectivity index (χ1n) is 8.11. The van der Waals surface area contributed by atoms with Crippen LogP contribution in [-0.2, 0) is 11.2 Å². The fourth-order valence-corrected chi connectivity index (χ4v) is 2.65. The van der Waals surface area contributed by atoms with Gasteiger partial charge in [0.2, 0.25) is 0 Å². The molecule has 25 heavy (non-hydrogen) atoms. The highest BCUT2D eigenvalue weighted by molar-refractivity contribution is 6.30. The summed E-state index contributed by atoms with van der Waals surface area (Å²) in [6.07, 6.45) is 0.198. The average Bonchev–Trinajstić information content (AvgIpc) is 2.59. The van der Waals surface area contributed by atoms with Crippen molar-refractivity contribution in [1.82, 2.24) is 5.32 Å². The summed E-state index contributed by atoms with van der Waals surface area (Å²) in [5.41, 5.74) is 6.97. The fraction of sp³-hybridized carbons (Fsp3) is 0.316. The number of amides is 1. The topological polar surface area (TPSA) is 84.6 Å². The van der Waals surface area contributed by atoms with Crippen LogP contribution in [0.25, 0.3) is 0 Å². The van der Waals surface area contributed by atoms with Crippen molar-refractivity contribution < 1.29 is 14.6 Å². The Labute approximate surface area is 152 Å². The van der Waals surface area contributed by atoms with Crippen LogP contribution >= 0.6 is 11.6 Å². The van der Waals surface area contributed by atoms with Crippen molar-refractivity contribution in [3.63, 3.8) is 0 Å². The zero-order chi connectivity index (χ0) is 18.2. The third kappa shape index (κ3) is 6.74. The Morgan fingerprint density at radius 3 is 2.64 bits per heavy atom. The highest BCUT2D eigenvalue weighted by Gasteiger charge is 2.10. The number of rotatable bonds is 9. The van der Waals surface area contributed by atoms with Crippen molar-refractivity contribution >= 4 is 17.5 Å². The van der Waals surface area contributed by atoms with Gasteiger partial charge in [-0.2, -0.15) is 0 Å². The molecule has 0 aromatic heterocycles. The third-order valence-electron chi connectivity index (χ3n) is 3.74. The molecule has 2 rings (SSSR count). The number of halogens is 1. The van der Waals surface area contributed by atoms with Crippen molar-refractivity contribution in [1.29, 1.82) is 0 Å². The van der Waals surface area contributed by atoms with Gasteiger partial charge in [-0.15, -0.1) is 0 Å². The van der Waals surface area contributed by atoms with E-state index in [1.807, 2.05) is 36.4 Å². The van der Waals surface area contributed by atoms with Crippen LogP contribution in [0.1, 0.15) is 24.2 Å². The molecule has 4 N–H and O–H groups in total. The number of ether oxygens (including phenoxy) is 1. The number of primary amides is 1. The van der Waals surface area contributed by atoms with Gasteiger partial charge in [0.1, 0.15) is 5.75 Å². The number of nitrogens with two attached hydrogens (primary N) is 1. The van der Waals surface area contributed by atoms with Crippen molar-refractivity contribution in [2.24, 2.45) is 5.73 Å². The van der Waals surface area contributed by atoms with E-state index < -0.39 is 12.0 Å². The smallest absolute Gasteiger partial charge is 0.255 e. The van der Waals surface area contributed by atoms with E-state index in [4.69, 9.17) is 22.1 Å². The van der Waals surface area contributed by atoms with Gasteiger partial charge >= 0.3 is 0 Å². The summed E-state index contributed by atoms with van der Waals surface area (Å²) >= 11 is 5.94. The average molecular weight is 363 g/mol. The lowest BCUT2D eigenvalue weighted by Crippen LogP contribution is -2.32. The molecule has 0 bridgehead atoms. The van der Waals surface area contributed by atoms with Gasteiger partial charge in [0.15, 0.2) is 6.61 Å². The van der Waals surface area contributed by atoms with Gasteiger partial charge < -0.3 is 20.9 Å². The number of nitrogens with one attached hydrogen (secondary N) is 1. The van der Waals surface area contributed by atoms with E-state index in [2.05, 4.69) is 12.2 Å². The number of benzene rings is 2. The molecule has 2 aromatic rings. The molecule has 0 saturated carbocycles. The van der Waals surface area contributed by atoms with E-state index in [-0.39, 0.29) is 12.6 Å². The molecule has 2 aromatic carbocycles. The largest absolute Gasteiger partial charge is 0.484 e. The monoisotopic (exact) mass is 362 g/mol. The van der Waals surface area contributed by atoms with E-state index in [9.17, 15) is 9.90 Å². The molecule has 0 heterocycles. The minimum Gasteiger partial charge on any atom is -0.484 e. The quantitative estimate of drug-likeness (QED) is 0.639. The molecule has 5 nitrogen and oxygen atoms in total. The van der Waals surface area contributed by atoms with Gasteiger partial charge in [0, 0.05) is 17.6 Å². The van der Waals surface area contributed by atoms with Crippen LogP contribution in [-0.4, -0.2) is 30.2 Å². The van der Waals surface area contributed by atoms with Crippen molar-refractivity contribution in [2.75, 3.05) is 13.2 Å². The Morgan fingerprint density at radius 1 is 1.28 bits per heavy atom. The van der Waals surface area contributed by atoms with Gasteiger partial charge in [-0.1, -0.05) is 35.9 Å². The minimum atomic E-state index is -0.606. The zero-order valence-corrected chi connectivity index (χ0v) is 14.9. The van der Waals surface area contributed by atoms with Crippen LogP contribution < -0.4 is 15.8 Å². The molecule has 1 amide bonds. The van der Waals surface area contributed by atoms with Gasteiger partial charge in [-0.05, 0) is 48.7 Å². The summed E-state index contributed by atoms with van der Waals surface area (Å²) in [4.78, 5) is 10.7. The number of aliphatic hydroxyl groups excluding tert-OH is 1. The lowest BCUT2D eigenvalue weighted by atomic mass is 10.1. The molecule has 0 fully saturated rings. The van der Waals surface area contributed by atoms with Gasteiger partial charge in [-0.25, -0.2) is 0 Å². The Bertz CT molecular complexity index is 691. The Balaban J connectivity index is 1.79. The number of aliphatic hydroxyl groups is 1.